The zero-order chi connectivity index (χ0) is 16.8. The Hall–Kier alpha value is -1.82. The first-order valence-corrected chi connectivity index (χ1v) is 9.44. The molecule has 24 heavy (non-hydrogen) atoms. The topological polar surface area (TPSA) is 70.6 Å². The third kappa shape index (κ3) is 4.84. The maximum Gasteiger partial charge on any atom is 0.240 e. The maximum absolute atomic E-state index is 12.1. The average molecular weight is 345 g/mol. The van der Waals surface area contributed by atoms with Gasteiger partial charge in [0, 0.05) is 13.0 Å². The van der Waals surface area contributed by atoms with E-state index in [9.17, 15) is 9.59 Å². The van der Waals surface area contributed by atoms with Gasteiger partial charge in [0.1, 0.15) is 5.25 Å². The molecule has 2 amide bonds. The van der Waals surface area contributed by atoms with Gasteiger partial charge in [-0.3, -0.25) is 14.6 Å². The number of hydrogen-bond acceptors (Lipinski definition) is 4. The van der Waals surface area contributed by atoms with Crippen molar-refractivity contribution in [3.63, 3.8) is 0 Å². The molecule has 1 saturated carbocycles. The van der Waals surface area contributed by atoms with Crippen LogP contribution in [0, 0.1) is 0 Å². The second-order valence-corrected chi connectivity index (χ2v) is 7.48. The van der Waals surface area contributed by atoms with Gasteiger partial charge in [0.2, 0.25) is 11.8 Å². The van der Waals surface area contributed by atoms with Crippen molar-refractivity contribution in [2.45, 2.75) is 56.4 Å². The van der Waals surface area contributed by atoms with Crippen molar-refractivity contribution in [2.24, 2.45) is 4.99 Å². The molecule has 1 unspecified atom stereocenters. The molecule has 0 bridgehead atoms. The van der Waals surface area contributed by atoms with Crippen LogP contribution in [-0.2, 0) is 16.1 Å². The Morgan fingerprint density at radius 1 is 1.21 bits per heavy atom. The van der Waals surface area contributed by atoms with Crippen LogP contribution in [-0.4, -0.2) is 28.3 Å². The van der Waals surface area contributed by atoms with Gasteiger partial charge >= 0.3 is 0 Å². The molecule has 0 radical (unpaired) electrons. The van der Waals surface area contributed by atoms with E-state index in [1.54, 1.807) is 0 Å². The molecule has 1 atom stereocenters. The minimum absolute atomic E-state index is 0.106. The molecule has 2 aliphatic rings. The molecular formula is C18H23N3O2S. The summed E-state index contributed by atoms with van der Waals surface area (Å²) in [6.45, 7) is 0.488. The first-order valence-electron chi connectivity index (χ1n) is 8.56. The van der Waals surface area contributed by atoms with Crippen LogP contribution in [0.4, 0.5) is 0 Å². The van der Waals surface area contributed by atoms with E-state index in [1.807, 2.05) is 30.3 Å². The maximum atomic E-state index is 12.1. The summed E-state index contributed by atoms with van der Waals surface area (Å²) in [5.74, 6) is -0.213. The van der Waals surface area contributed by atoms with Gasteiger partial charge in [0.25, 0.3) is 0 Å². The van der Waals surface area contributed by atoms with Gasteiger partial charge in [0.05, 0.1) is 6.04 Å². The van der Waals surface area contributed by atoms with E-state index in [1.165, 1.54) is 31.0 Å². The van der Waals surface area contributed by atoms with Crippen LogP contribution < -0.4 is 10.6 Å². The minimum Gasteiger partial charge on any atom is -0.352 e. The number of rotatable bonds is 5. The van der Waals surface area contributed by atoms with Crippen molar-refractivity contribution >= 4 is 28.7 Å². The molecule has 1 aliphatic heterocycles. The molecule has 1 saturated heterocycles. The Balaban J connectivity index is 1.47. The normalized spacial score (nSPS) is 23.2. The van der Waals surface area contributed by atoms with Gasteiger partial charge in [-0.05, 0) is 18.4 Å². The Bertz CT molecular complexity index is 612. The predicted molar refractivity (Wildman–Crippen MR) is 96.7 cm³/mol. The van der Waals surface area contributed by atoms with Crippen molar-refractivity contribution in [2.75, 3.05) is 0 Å². The minimum atomic E-state index is -0.372. The molecule has 0 spiro atoms. The highest BCUT2D eigenvalue weighted by molar-refractivity contribution is 8.15. The number of amides is 2. The molecule has 6 heteroatoms. The second-order valence-electron chi connectivity index (χ2n) is 6.29. The smallest absolute Gasteiger partial charge is 0.240 e. The highest BCUT2D eigenvalue weighted by Gasteiger charge is 2.32. The first kappa shape index (κ1) is 17.0. The number of carbonyl (C=O) groups is 2. The zero-order valence-corrected chi connectivity index (χ0v) is 14.5. The summed E-state index contributed by atoms with van der Waals surface area (Å²) in [6.07, 6.45) is 6.10. The average Bonchev–Trinajstić information content (AvgIpc) is 2.94. The lowest BCUT2D eigenvalue weighted by Gasteiger charge is -2.17. The summed E-state index contributed by atoms with van der Waals surface area (Å²) in [7, 11) is 0. The molecule has 1 aromatic carbocycles. The Morgan fingerprint density at radius 2 is 1.96 bits per heavy atom. The van der Waals surface area contributed by atoms with E-state index < -0.39 is 0 Å². The van der Waals surface area contributed by atoms with Gasteiger partial charge in [-0.15, -0.1) is 0 Å². The van der Waals surface area contributed by atoms with Crippen LogP contribution in [0.5, 0.6) is 0 Å². The Morgan fingerprint density at radius 3 is 2.71 bits per heavy atom. The second kappa shape index (κ2) is 8.33. The molecule has 1 heterocycles. The number of nitrogens with zero attached hydrogens (tertiary/aromatic N) is 1. The van der Waals surface area contributed by atoms with Crippen molar-refractivity contribution in [3.05, 3.63) is 35.9 Å². The predicted octanol–water partition coefficient (Wildman–Crippen LogP) is 2.61. The van der Waals surface area contributed by atoms with E-state index in [2.05, 4.69) is 15.6 Å². The fraction of sp³-hybridized carbons (Fsp3) is 0.500. The molecule has 2 fully saturated rings. The summed E-state index contributed by atoms with van der Waals surface area (Å²) in [5.41, 5.74) is 1.05. The molecule has 2 N–H and O–H groups in total. The Kier molecular flexibility index (Phi) is 5.91. The summed E-state index contributed by atoms with van der Waals surface area (Å²) >= 11 is 1.39. The van der Waals surface area contributed by atoms with Crippen LogP contribution >= 0.6 is 11.8 Å². The third-order valence-electron chi connectivity index (χ3n) is 4.35. The lowest BCUT2D eigenvalue weighted by molar-refractivity contribution is -0.125. The van der Waals surface area contributed by atoms with Crippen molar-refractivity contribution in [1.82, 2.24) is 10.6 Å². The third-order valence-corrected chi connectivity index (χ3v) is 5.45. The van der Waals surface area contributed by atoms with Gasteiger partial charge < -0.3 is 10.6 Å². The number of carbonyl (C=O) groups excluding carboxylic acids is 2. The number of nitrogens with one attached hydrogen (secondary N) is 2. The summed E-state index contributed by atoms with van der Waals surface area (Å²) in [4.78, 5) is 28.8. The standard InChI is InChI=1S/C18H23N3O2S/c22-16(19-12-13-7-3-1-4-8-13)11-15-17(23)21-18(24-15)20-14-9-5-2-6-10-14/h1,3-4,7-8,14-15H,2,5-6,9-12H2,(H,19,22)(H,20,21,23). The molecule has 5 nitrogen and oxygen atoms in total. The lowest BCUT2D eigenvalue weighted by atomic mass is 9.96. The van der Waals surface area contributed by atoms with Crippen molar-refractivity contribution < 1.29 is 9.59 Å². The van der Waals surface area contributed by atoms with Crippen LogP contribution in [0.1, 0.15) is 44.1 Å². The molecule has 1 aromatic rings. The number of amidine groups is 1. The number of benzene rings is 1. The molecular weight excluding hydrogens is 322 g/mol. The molecule has 128 valence electrons. The van der Waals surface area contributed by atoms with E-state index in [-0.39, 0.29) is 23.5 Å². The quantitative estimate of drug-likeness (QED) is 0.862. The fourth-order valence-electron chi connectivity index (χ4n) is 3.01. The van der Waals surface area contributed by atoms with Gasteiger partial charge in [-0.1, -0.05) is 61.4 Å². The van der Waals surface area contributed by atoms with Crippen molar-refractivity contribution in [1.29, 1.82) is 0 Å². The van der Waals surface area contributed by atoms with Crippen LogP contribution in [0.15, 0.2) is 35.3 Å². The van der Waals surface area contributed by atoms with Crippen LogP contribution in [0.25, 0.3) is 0 Å². The van der Waals surface area contributed by atoms with E-state index in [4.69, 9.17) is 0 Å². The zero-order valence-electron chi connectivity index (χ0n) is 13.7. The van der Waals surface area contributed by atoms with Gasteiger partial charge in [0.15, 0.2) is 5.17 Å². The van der Waals surface area contributed by atoms with Gasteiger partial charge in [-0.25, -0.2) is 0 Å². The molecule has 1 aliphatic carbocycles. The van der Waals surface area contributed by atoms with Crippen LogP contribution in [0.2, 0.25) is 0 Å². The Labute approximate surface area is 146 Å². The van der Waals surface area contributed by atoms with Gasteiger partial charge in [-0.2, -0.15) is 0 Å². The molecule has 0 aromatic heterocycles. The molecule has 3 rings (SSSR count). The van der Waals surface area contributed by atoms with E-state index >= 15 is 0 Å². The monoisotopic (exact) mass is 345 g/mol. The summed E-state index contributed by atoms with van der Waals surface area (Å²) in [6, 6.07) is 10.1. The highest BCUT2D eigenvalue weighted by Crippen LogP contribution is 2.26. The lowest BCUT2D eigenvalue weighted by Crippen LogP contribution is -2.31. The SMILES string of the molecule is O=C(CC1SC(=NC2CCCCC2)NC1=O)NCc1ccccc1. The highest BCUT2D eigenvalue weighted by atomic mass is 32.2. The number of hydrogen-bond donors (Lipinski definition) is 2. The summed E-state index contributed by atoms with van der Waals surface area (Å²) in [5, 5.41) is 6.01. The largest absolute Gasteiger partial charge is 0.352 e. The number of aliphatic imine (C=N–C) groups is 1. The number of thioether (sulfide) groups is 1. The summed E-state index contributed by atoms with van der Waals surface area (Å²) < 4.78 is 0. The first-order chi connectivity index (χ1) is 11.7. The van der Waals surface area contributed by atoms with E-state index in [0.29, 0.717) is 17.8 Å². The fourth-order valence-corrected chi connectivity index (χ4v) is 4.05. The van der Waals surface area contributed by atoms with E-state index in [0.717, 1.165) is 18.4 Å². The van der Waals surface area contributed by atoms with Crippen molar-refractivity contribution in [3.8, 4) is 0 Å². The van der Waals surface area contributed by atoms with Crippen LogP contribution in [0.3, 0.4) is 0 Å².